The molecule has 1 heteroatoms. The first kappa shape index (κ1) is 10.3. The Hall–Kier alpha value is -0.715. The summed E-state index contributed by atoms with van der Waals surface area (Å²) >= 11 is 0. The Kier molecular flexibility index (Phi) is 4.68. The van der Waals surface area contributed by atoms with Gasteiger partial charge >= 0.3 is 0 Å². The van der Waals surface area contributed by atoms with E-state index in [1.165, 1.54) is 16.6 Å². The molecule has 0 amide bonds. The standard InChI is InChI=1S/C10H17B/c1-5-8(3)9(4)7-10(11)6-2/h6-7H,2,5,11H2,1,3-4H3/b9-8-,10-7+. The minimum absolute atomic E-state index is 1.13. The van der Waals surface area contributed by atoms with E-state index < -0.39 is 0 Å². The van der Waals surface area contributed by atoms with Gasteiger partial charge in [0.25, 0.3) is 0 Å². The zero-order chi connectivity index (χ0) is 8.85. The predicted octanol–water partition coefficient (Wildman–Crippen LogP) is 2.44. The molecule has 0 unspecified atom stereocenters. The zero-order valence-corrected chi connectivity index (χ0v) is 8.07. The third-order valence-corrected chi connectivity index (χ3v) is 1.97. The van der Waals surface area contributed by atoms with Crippen LogP contribution in [-0.2, 0) is 0 Å². The maximum absolute atomic E-state index is 3.71. The Morgan fingerprint density at radius 1 is 1.45 bits per heavy atom. The Bertz CT molecular complexity index is 197. The highest BCUT2D eigenvalue weighted by atomic mass is 13.9. The Labute approximate surface area is 71.1 Å². The van der Waals surface area contributed by atoms with E-state index in [-0.39, 0.29) is 0 Å². The van der Waals surface area contributed by atoms with Crippen molar-refractivity contribution >= 4 is 7.85 Å². The molecule has 0 saturated carbocycles. The van der Waals surface area contributed by atoms with Gasteiger partial charge in [0.05, 0.1) is 0 Å². The molecule has 0 atom stereocenters. The van der Waals surface area contributed by atoms with Crippen LogP contribution in [0.4, 0.5) is 0 Å². The molecule has 0 spiro atoms. The van der Waals surface area contributed by atoms with Crippen molar-refractivity contribution in [1.82, 2.24) is 0 Å². The van der Waals surface area contributed by atoms with Crippen molar-refractivity contribution in [3.05, 3.63) is 35.3 Å². The first-order valence-electron chi connectivity index (χ1n) is 4.08. The van der Waals surface area contributed by atoms with Crippen LogP contribution in [0.2, 0.25) is 0 Å². The summed E-state index contributed by atoms with van der Waals surface area (Å²) in [4.78, 5) is 0. The molecule has 0 aliphatic rings. The number of rotatable bonds is 3. The molecule has 0 fully saturated rings. The van der Waals surface area contributed by atoms with E-state index in [1.807, 2.05) is 6.08 Å². The summed E-state index contributed by atoms with van der Waals surface area (Å²) < 4.78 is 0. The number of allylic oxidation sites excluding steroid dienone is 5. The lowest BCUT2D eigenvalue weighted by Gasteiger charge is -2.00. The van der Waals surface area contributed by atoms with Crippen molar-refractivity contribution in [2.75, 3.05) is 0 Å². The van der Waals surface area contributed by atoms with Crippen LogP contribution in [0.15, 0.2) is 35.3 Å². The van der Waals surface area contributed by atoms with Crippen LogP contribution in [0.25, 0.3) is 0 Å². The molecule has 0 bridgehead atoms. The average Bonchev–Trinajstić information content (AvgIpc) is 2.02. The van der Waals surface area contributed by atoms with E-state index in [9.17, 15) is 0 Å². The quantitative estimate of drug-likeness (QED) is 0.426. The Balaban J connectivity index is 4.49. The van der Waals surface area contributed by atoms with Crippen molar-refractivity contribution in [3.8, 4) is 0 Å². The molecular weight excluding hydrogens is 131 g/mol. The largest absolute Gasteiger partial charge is 0.139 e. The highest BCUT2D eigenvalue weighted by molar-refractivity contribution is 6.23. The van der Waals surface area contributed by atoms with Gasteiger partial charge in [-0.15, -0.1) is 0 Å². The lowest BCUT2D eigenvalue weighted by atomic mass is 9.92. The fraction of sp³-hybridized carbons (Fsp3) is 0.400. The molecule has 0 aromatic rings. The lowest BCUT2D eigenvalue weighted by molar-refractivity contribution is 1.07. The molecule has 0 aromatic carbocycles. The summed E-state index contributed by atoms with van der Waals surface area (Å²) in [6.45, 7) is 10.2. The van der Waals surface area contributed by atoms with Gasteiger partial charge < -0.3 is 0 Å². The van der Waals surface area contributed by atoms with E-state index in [0.29, 0.717) is 0 Å². The third-order valence-electron chi connectivity index (χ3n) is 1.97. The van der Waals surface area contributed by atoms with Crippen molar-refractivity contribution in [2.24, 2.45) is 0 Å². The zero-order valence-electron chi connectivity index (χ0n) is 8.07. The summed E-state index contributed by atoms with van der Waals surface area (Å²) in [5.74, 6) is 0. The molecule has 0 nitrogen and oxygen atoms in total. The molecule has 11 heavy (non-hydrogen) atoms. The smallest absolute Gasteiger partial charge is 0.0996 e. The third kappa shape index (κ3) is 3.87. The monoisotopic (exact) mass is 148 g/mol. The molecular formula is C10H17B. The van der Waals surface area contributed by atoms with Gasteiger partial charge in [-0.3, -0.25) is 0 Å². The second kappa shape index (κ2) is 5.00. The normalized spacial score (nSPS) is 14.3. The maximum atomic E-state index is 3.71. The summed E-state index contributed by atoms with van der Waals surface area (Å²) in [5, 5.41) is 0. The number of hydrogen-bond acceptors (Lipinski definition) is 0. The molecule has 0 aliphatic carbocycles. The van der Waals surface area contributed by atoms with Crippen LogP contribution >= 0.6 is 0 Å². The van der Waals surface area contributed by atoms with Crippen molar-refractivity contribution < 1.29 is 0 Å². The highest BCUT2D eigenvalue weighted by Gasteiger charge is 1.90. The summed E-state index contributed by atoms with van der Waals surface area (Å²) in [6.07, 6.45) is 5.19. The van der Waals surface area contributed by atoms with Gasteiger partial charge in [-0.1, -0.05) is 42.3 Å². The van der Waals surface area contributed by atoms with E-state index in [1.54, 1.807) is 0 Å². The minimum atomic E-state index is 1.13. The van der Waals surface area contributed by atoms with E-state index >= 15 is 0 Å². The number of hydrogen-bond donors (Lipinski definition) is 0. The molecule has 0 aromatic heterocycles. The van der Waals surface area contributed by atoms with E-state index in [4.69, 9.17) is 0 Å². The van der Waals surface area contributed by atoms with Crippen LogP contribution in [0.1, 0.15) is 27.2 Å². The van der Waals surface area contributed by atoms with Crippen LogP contribution in [0, 0.1) is 0 Å². The molecule has 0 heterocycles. The van der Waals surface area contributed by atoms with Crippen LogP contribution in [0.3, 0.4) is 0 Å². The van der Waals surface area contributed by atoms with Crippen LogP contribution < -0.4 is 0 Å². The topological polar surface area (TPSA) is 0 Å². The highest BCUT2D eigenvalue weighted by Crippen LogP contribution is 2.09. The van der Waals surface area contributed by atoms with Crippen molar-refractivity contribution in [3.63, 3.8) is 0 Å². The Morgan fingerprint density at radius 3 is 2.36 bits per heavy atom. The molecule has 60 valence electrons. The van der Waals surface area contributed by atoms with Gasteiger partial charge in [0.1, 0.15) is 7.85 Å². The van der Waals surface area contributed by atoms with Gasteiger partial charge in [0.2, 0.25) is 0 Å². The first-order chi connectivity index (χ1) is 5.11. The van der Waals surface area contributed by atoms with Gasteiger partial charge in [-0.2, -0.15) is 0 Å². The molecule has 0 rings (SSSR count). The van der Waals surface area contributed by atoms with Crippen molar-refractivity contribution in [2.45, 2.75) is 27.2 Å². The molecule has 0 radical (unpaired) electrons. The van der Waals surface area contributed by atoms with Crippen LogP contribution in [0.5, 0.6) is 0 Å². The first-order valence-corrected chi connectivity index (χ1v) is 4.08. The lowest BCUT2D eigenvalue weighted by Crippen LogP contribution is -1.81. The van der Waals surface area contributed by atoms with Gasteiger partial charge in [-0.25, -0.2) is 0 Å². The molecule has 0 aliphatic heterocycles. The second-order valence-corrected chi connectivity index (χ2v) is 2.91. The minimum Gasteiger partial charge on any atom is -0.0996 e. The molecule has 0 saturated heterocycles. The van der Waals surface area contributed by atoms with Gasteiger partial charge in [0, 0.05) is 0 Å². The fourth-order valence-electron chi connectivity index (χ4n) is 0.802. The molecule has 0 N–H and O–H groups in total. The summed E-state index contributed by atoms with van der Waals surface area (Å²) in [5.41, 5.74) is 4.05. The summed E-state index contributed by atoms with van der Waals surface area (Å²) in [6, 6.07) is 0. The fourth-order valence-corrected chi connectivity index (χ4v) is 0.802. The summed E-state index contributed by atoms with van der Waals surface area (Å²) in [7, 11) is 2.07. The SMILES string of the molecule is B/C(C=C)=C/C(C)=C(/C)CC. The Morgan fingerprint density at radius 2 is 2.00 bits per heavy atom. The second-order valence-electron chi connectivity index (χ2n) is 2.91. The van der Waals surface area contributed by atoms with Gasteiger partial charge in [-0.05, 0) is 20.3 Å². The van der Waals surface area contributed by atoms with Crippen LogP contribution in [-0.4, -0.2) is 7.85 Å². The van der Waals surface area contributed by atoms with E-state index in [2.05, 4.69) is 41.3 Å². The maximum Gasteiger partial charge on any atom is 0.139 e. The van der Waals surface area contributed by atoms with Gasteiger partial charge in [0.15, 0.2) is 0 Å². The van der Waals surface area contributed by atoms with Crippen molar-refractivity contribution in [1.29, 1.82) is 0 Å². The predicted molar refractivity (Wildman–Crippen MR) is 55.5 cm³/mol. The average molecular weight is 148 g/mol. The van der Waals surface area contributed by atoms with E-state index in [0.717, 1.165) is 6.42 Å².